The first-order valence-electron chi connectivity index (χ1n) is 3.94. The second-order valence-corrected chi connectivity index (χ2v) is 2.83. The van der Waals surface area contributed by atoms with Crippen molar-refractivity contribution in [1.82, 2.24) is 5.32 Å². The van der Waals surface area contributed by atoms with Crippen LogP contribution in [-0.4, -0.2) is 11.1 Å². The number of aromatic hydroxyl groups is 1. The zero-order chi connectivity index (χ0) is 9.84. The van der Waals surface area contributed by atoms with Gasteiger partial charge >= 0.3 is 6.03 Å². The van der Waals surface area contributed by atoms with E-state index in [4.69, 9.17) is 10.8 Å². The summed E-state index contributed by atoms with van der Waals surface area (Å²) < 4.78 is 0. The molecule has 13 heavy (non-hydrogen) atoms. The molecule has 0 saturated heterocycles. The zero-order valence-electron chi connectivity index (χ0n) is 7.32. The highest BCUT2D eigenvalue weighted by molar-refractivity contribution is 5.72. The lowest BCUT2D eigenvalue weighted by Gasteiger charge is -2.12. The largest absolute Gasteiger partial charge is 0.508 e. The van der Waals surface area contributed by atoms with E-state index in [9.17, 15) is 4.79 Å². The number of benzene rings is 1. The number of urea groups is 1. The Morgan fingerprint density at radius 1 is 1.62 bits per heavy atom. The van der Waals surface area contributed by atoms with Gasteiger partial charge < -0.3 is 16.2 Å². The fraction of sp³-hybridized carbons (Fsp3) is 0.222. The fourth-order valence-corrected chi connectivity index (χ4v) is 1.09. The lowest BCUT2D eigenvalue weighted by atomic mass is 10.1. The van der Waals surface area contributed by atoms with Gasteiger partial charge in [0.25, 0.3) is 0 Å². The summed E-state index contributed by atoms with van der Waals surface area (Å²) in [6.07, 6.45) is 0. The summed E-state index contributed by atoms with van der Waals surface area (Å²) in [6.45, 7) is 1.79. The molecule has 1 rings (SSSR count). The van der Waals surface area contributed by atoms with Crippen LogP contribution in [0.5, 0.6) is 5.75 Å². The number of nitrogens with one attached hydrogen (secondary N) is 1. The summed E-state index contributed by atoms with van der Waals surface area (Å²) in [6, 6.07) is 5.91. The van der Waals surface area contributed by atoms with Crippen LogP contribution in [0.1, 0.15) is 18.5 Å². The second kappa shape index (κ2) is 3.80. The molecule has 4 N–H and O–H groups in total. The molecule has 1 atom stereocenters. The van der Waals surface area contributed by atoms with Gasteiger partial charge in [0.1, 0.15) is 5.75 Å². The Hall–Kier alpha value is -1.71. The zero-order valence-corrected chi connectivity index (χ0v) is 7.32. The fourth-order valence-electron chi connectivity index (χ4n) is 1.09. The van der Waals surface area contributed by atoms with Crippen LogP contribution < -0.4 is 11.1 Å². The van der Waals surface area contributed by atoms with E-state index in [1.165, 1.54) is 0 Å². The number of phenols is 1. The van der Waals surface area contributed by atoms with Gasteiger partial charge in [-0.1, -0.05) is 12.1 Å². The average molecular weight is 180 g/mol. The van der Waals surface area contributed by atoms with Crippen molar-refractivity contribution >= 4 is 6.03 Å². The van der Waals surface area contributed by atoms with E-state index in [2.05, 4.69) is 5.32 Å². The average Bonchev–Trinajstić information content (AvgIpc) is 2.03. The number of primary amides is 1. The van der Waals surface area contributed by atoms with Gasteiger partial charge in [-0.15, -0.1) is 0 Å². The van der Waals surface area contributed by atoms with Crippen LogP contribution in [0, 0.1) is 0 Å². The minimum absolute atomic E-state index is 0.177. The third-order valence-electron chi connectivity index (χ3n) is 1.73. The maximum atomic E-state index is 10.5. The third kappa shape index (κ3) is 2.66. The molecule has 0 aromatic heterocycles. The van der Waals surface area contributed by atoms with Gasteiger partial charge in [-0.25, -0.2) is 4.79 Å². The van der Waals surface area contributed by atoms with E-state index in [-0.39, 0.29) is 11.8 Å². The maximum Gasteiger partial charge on any atom is 0.312 e. The number of hydrogen-bond donors (Lipinski definition) is 3. The number of phenolic OH excluding ortho intramolecular Hbond substituents is 1. The van der Waals surface area contributed by atoms with E-state index in [0.717, 1.165) is 5.56 Å². The molecule has 0 fully saturated rings. The Balaban J connectivity index is 2.76. The number of amides is 2. The van der Waals surface area contributed by atoms with Gasteiger partial charge in [-0.2, -0.15) is 0 Å². The highest BCUT2D eigenvalue weighted by atomic mass is 16.3. The van der Waals surface area contributed by atoms with Gasteiger partial charge in [-0.05, 0) is 24.6 Å². The summed E-state index contributed by atoms with van der Waals surface area (Å²) >= 11 is 0. The lowest BCUT2D eigenvalue weighted by Crippen LogP contribution is -2.31. The quantitative estimate of drug-likeness (QED) is 0.638. The molecule has 4 nitrogen and oxygen atoms in total. The first kappa shape index (κ1) is 9.38. The summed E-state index contributed by atoms with van der Waals surface area (Å²) in [5, 5.41) is 11.7. The van der Waals surface area contributed by atoms with Crippen molar-refractivity contribution in [2.45, 2.75) is 13.0 Å². The van der Waals surface area contributed by atoms with Crippen molar-refractivity contribution in [1.29, 1.82) is 0 Å². The van der Waals surface area contributed by atoms with Crippen LogP contribution in [0.2, 0.25) is 0 Å². The first-order chi connectivity index (χ1) is 6.09. The summed E-state index contributed by atoms with van der Waals surface area (Å²) in [4.78, 5) is 10.5. The standard InChI is InChI=1S/C9H12N2O2/c1-6(11-9(10)13)7-3-2-4-8(12)5-7/h2-6,12H,1H3,(H3,10,11,13). The first-order valence-corrected chi connectivity index (χ1v) is 3.94. The molecule has 0 radical (unpaired) electrons. The smallest absolute Gasteiger partial charge is 0.312 e. The molecule has 2 amide bonds. The summed E-state index contributed by atoms with van der Waals surface area (Å²) in [5.74, 6) is 0.177. The molecular weight excluding hydrogens is 168 g/mol. The summed E-state index contributed by atoms with van der Waals surface area (Å²) in [5.41, 5.74) is 5.77. The van der Waals surface area contributed by atoms with Gasteiger partial charge in [-0.3, -0.25) is 0 Å². The molecule has 1 aromatic carbocycles. The number of carbonyl (C=O) groups excluding carboxylic acids is 1. The third-order valence-corrected chi connectivity index (χ3v) is 1.73. The lowest BCUT2D eigenvalue weighted by molar-refractivity contribution is 0.246. The van der Waals surface area contributed by atoms with E-state index in [1.54, 1.807) is 31.2 Å². The van der Waals surface area contributed by atoms with Crippen LogP contribution in [0.15, 0.2) is 24.3 Å². The number of hydrogen-bond acceptors (Lipinski definition) is 2. The van der Waals surface area contributed by atoms with Crippen molar-refractivity contribution in [3.05, 3.63) is 29.8 Å². The Kier molecular flexibility index (Phi) is 2.74. The van der Waals surface area contributed by atoms with E-state index in [1.807, 2.05) is 0 Å². The topological polar surface area (TPSA) is 75.3 Å². The van der Waals surface area contributed by atoms with Crippen LogP contribution in [-0.2, 0) is 0 Å². The van der Waals surface area contributed by atoms with Crippen LogP contribution >= 0.6 is 0 Å². The van der Waals surface area contributed by atoms with Crippen LogP contribution in [0.3, 0.4) is 0 Å². The van der Waals surface area contributed by atoms with Gasteiger partial charge in [0, 0.05) is 0 Å². The predicted octanol–water partition coefficient (Wildman–Crippen LogP) is 1.12. The van der Waals surface area contributed by atoms with E-state index >= 15 is 0 Å². The molecule has 1 unspecified atom stereocenters. The number of rotatable bonds is 2. The Labute approximate surface area is 76.4 Å². The monoisotopic (exact) mass is 180 g/mol. The molecule has 0 aliphatic rings. The highest BCUT2D eigenvalue weighted by Gasteiger charge is 2.06. The molecule has 1 aromatic rings. The van der Waals surface area contributed by atoms with Crippen molar-refractivity contribution in [2.24, 2.45) is 5.73 Å². The van der Waals surface area contributed by atoms with E-state index < -0.39 is 6.03 Å². The molecule has 0 saturated carbocycles. The highest BCUT2D eigenvalue weighted by Crippen LogP contribution is 2.17. The van der Waals surface area contributed by atoms with Crippen molar-refractivity contribution < 1.29 is 9.90 Å². The Morgan fingerprint density at radius 2 is 2.31 bits per heavy atom. The molecule has 0 bridgehead atoms. The molecule has 0 heterocycles. The number of carbonyl (C=O) groups is 1. The minimum Gasteiger partial charge on any atom is -0.508 e. The normalized spacial score (nSPS) is 12.1. The Bertz CT molecular complexity index is 312. The summed E-state index contributed by atoms with van der Waals surface area (Å²) in [7, 11) is 0. The predicted molar refractivity (Wildman–Crippen MR) is 49.2 cm³/mol. The Morgan fingerprint density at radius 3 is 2.85 bits per heavy atom. The molecule has 0 aliphatic heterocycles. The molecular formula is C9H12N2O2. The maximum absolute atomic E-state index is 10.5. The second-order valence-electron chi connectivity index (χ2n) is 2.83. The van der Waals surface area contributed by atoms with Gasteiger partial charge in [0.15, 0.2) is 0 Å². The molecule has 70 valence electrons. The minimum atomic E-state index is -0.573. The molecule has 4 heteroatoms. The molecule has 0 spiro atoms. The van der Waals surface area contributed by atoms with Crippen molar-refractivity contribution in [2.75, 3.05) is 0 Å². The number of nitrogens with two attached hydrogens (primary N) is 1. The van der Waals surface area contributed by atoms with Gasteiger partial charge in [0.2, 0.25) is 0 Å². The molecule has 0 aliphatic carbocycles. The van der Waals surface area contributed by atoms with Crippen LogP contribution in [0.4, 0.5) is 4.79 Å². The SMILES string of the molecule is CC(NC(N)=O)c1cccc(O)c1. The van der Waals surface area contributed by atoms with Crippen molar-refractivity contribution in [3.8, 4) is 5.75 Å². The van der Waals surface area contributed by atoms with Gasteiger partial charge in [0.05, 0.1) is 6.04 Å². The van der Waals surface area contributed by atoms with Crippen molar-refractivity contribution in [3.63, 3.8) is 0 Å². The van der Waals surface area contributed by atoms with E-state index in [0.29, 0.717) is 0 Å². The van der Waals surface area contributed by atoms with Crippen LogP contribution in [0.25, 0.3) is 0 Å².